The first kappa shape index (κ1) is 19.3. The molecule has 3 fully saturated rings. The fourth-order valence-electron chi connectivity index (χ4n) is 4.37. The van der Waals surface area contributed by atoms with E-state index in [1.165, 1.54) is 6.07 Å². The number of nitrogens with one attached hydrogen (secondary N) is 1. The van der Waals surface area contributed by atoms with Crippen LogP contribution in [0.3, 0.4) is 0 Å². The zero-order valence-electron chi connectivity index (χ0n) is 15.9. The van der Waals surface area contributed by atoms with Crippen molar-refractivity contribution >= 4 is 10.0 Å². The fourth-order valence-corrected chi connectivity index (χ4v) is 5.98. The summed E-state index contributed by atoms with van der Waals surface area (Å²) in [5.74, 6) is -0.149. The van der Waals surface area contributed by atoms with Crippen molar-refractivity contribution in [2.45, 2.75) is 68.9 Å². The summed E-state index contributed by atoms with van der Waals surface area (Å²) in [4.78, 5) is 2.27. The minimum Gasteiger partial charge on any atom is -0.375 e. The molecule has 5 nitrogen and oxygen atoms in total. The minimum atomic E-state index is -3.16. The van der Waals surface area contributed by atoms with Crippen molar-refractivity contribution in [3.05, 3.63) is 35.1 Å². The third-order valence-electron chi connectivity index (χ3n) is 6.15. The number of benzene rings is 1. The Morgan fingerprint density at radius 2 is 2.00 bits per heavy atom. The highest BCUT2D eigenvalue weighted by atomic mass is 32.2. The predicted octanol–water partition coefficient (Wildman–Crippen LogP) is 2.73. The Morgan fingerprint density at radius 3 is 2.70 bits per heavy atom. The molecule has 4 rings (SSSR count). The van der Waals surface area contributed by atoms with Crippen LogP contribution in [0, 0.1) is 12.7 Å². The van der Waals surface area contributed by atoms with E-state index in [1.807, 2.05) is 13.0 Å². The lowest BCUT2D eigenvalue weighted by molar-refractivity contribution is -0.118. The van der Waals surface area contributed by atoms with Crippen LogP contribution in [0.2, 0.25) is 0 Å². The van der Waals surface area contributed by atoms with Crippen molar-refractivity contribution in [3.63, 3.8) is 0 Å². The van der Waals surface area contributed by atoms with Crippen LogP contribution < -0.4 is 4.72 Å². The Labute approximate surface area is 161 Å². The molecule has 27 heavy (non-hydrogen) atoms. The summed E-state index contributed by atoms with van der Waals surface area (Å²) >= 11 is 0. The number of halogens is 1. The molecule has 1 aromatic carbocycles. The molecule has 1 aromatic rings. The van der Waals surface area contributed by atoms with Gasteiger partial charge in [-0.15, -0.1) is 0 Å². The number of hydrogen-bond donors (Lipinski definition) is 1. The average Bonchev–Trinajstić information content (AvgIpc) is 3.46. The van der Waals surface area contributed by atoms with E-state index in [4.69, 9.17) is 4.74 Å². The van der Waals surface area contributed by atoms with E-state index < -0.39 is 10.0 Å². The Bertz CT molecular complexity index is 786. The average molecular weight is 397 g/mol. The first-order valence-corrected chi connectivity index (χ1v) is 11.5. The third-order valence-corrected chi connectivity index (χ3v) is 8.16. The van der Waals surface area contributed by atoms with E-state index in [0.29, 0.717) is 13.2 Å². The second-order valence-corrected chi connectivity index (χ2v) is 10.4. The van der Waals surface area contributed by atoms with Gasteiger partial charge in [-0.3, -0.25) is 4.90 Å². The fraction of sp³-hybridized carbons (Fsp3) is 0.700. The van der Waals surface area contributed by atoms with Gasteiger partial charge in [-0.25, -0.2) is 17.5 Å². The number of sulfonamides is 1. The van der Waals surface area contributed by atoms with E-state index in [2.05, 4.69) is 9.62 Å². The van der Waals surface area contributed by atoms with E-state index in [9.17, 15) is 12.8 Å². The molecular weight excluding hydrogens is 367 g/mol. The molecule has 0 radical (unpaired) electrons. The van der Waals surface area contributed by atoms with Crippen LogP contribution in [0.4, 0.5) is 4.39 Å². The summed E-state index contributed by atoms with van der Waals surface area (Å²) in [5, 5.41) is -0.178. The smallest absolute Gasteiger partial charge is 0.214 e. The topological polar surface area (TPSA) is 58.6 Å². The molecule has 1 unspecified atom stereocenters. The molecular formula is C20H29FN2O3S. The molecule has 150 valence electrons. The quantitative estimate of drug-likeness (QED) is 0.831. The highest BCUT2D eigenvalue weighted by Gasteiger charge is 2.43. The van der Waals surface area contributed by atoms with E-state index in [1.54, 1.807) is 6.07 Å². The molecule has 2 aliphatic heterocycles. The Hall–Kier alpha value is -1.02. The molecule has 3 aliphatic rings. The molecule has 1 aliphatic carbocycles. The number of likely N-dealkylation sites (tertiary alicyclic amines) is 1. The first-order valence-electron chi connectivity index (χ1n) is 9.98. The van der Waals surface area contributed by atoms with Crippen LogP contribution in [0.25, 0.3) is 0 Å². The molecule has 1 spiro atoms. The van der Waals surface area contributed by atoms with Gasteiger partial charge in [-0.2, -0.15) is 0 Å². The second kappa shape index (κ2) is 7.43. The number of piperidine rings is 1. The highest BCUT2D eigenvalue weighted by Crippen LogP contribution is 2.36. The SMILES string of the molecule is Cc1ccc(F)c(CN2CCC3(CC2)CC(NS(=O)(=O)C2CC2)CCO3)c1. The number of rotatable bonds is 5. The van der Waals surface area contributed by atoms with Gasteiger partial charge in [0.2, 0.25) is 10.0 Å². The molecule has 1 atom stereocenters. The number of nitrogens with zero attached hydrogens (tertiary/aromatic N) is 1. The summed E-state index contributed by atoms with van der Waals surface area (Å²) in [5.41, 5.74) is 1.57. The standard InChI is InChI=1S/C20H29FN2O3S/c1-15-2-5-19(21)16(12-15)14-23-9-7-20(8-10-23)13-17(6-11-26-20)22-27(24,25)18-3-4-18/h2,5,12,17-18,22H,3-4,6-11,13-14H2,1H3. The summed E-state index contributed by atoms with van der Waals surface area (Å²) in [6.45, 7) is 4.88. The van der Waals surface area contributed by atoms with Crippen LogP contribution in [0.5, 0.6) is 0 Å². The zero-order valence-corrected chi connectivity index (χ0v) is 16.7. The van der Waals surface area contributed by atoms with Gasteiger partial charge >= 0.3 is 0 Å². The number of ether oxygens (including phenoxy) is 1. The maximum atomic E-state index is 14.0. The lowest BCUT2D eigenvalue weighted by atomic mass is 9.82. The molecule has 1 N–H and O–H groups in total. The van der Waals surface area contributed by atoms with Crippen molar-refractivity contribution in [2.24, 2.45) is 0 Å². The van der Waals surface area contributed by atoms with Gasteiger partial charge < -0.3 is 4.74 Å². The van der Waals surface area contributed by atoms with Crippen molar-refractivity contribution in [1.82, 2.24) is 9.62 Å². The van der Waals surface area contributed by atoms with Crippen molar-refractivity contribution in [2.75, 3.05) is 19.7 Å². The molecule has 7 heteroatoms. The predicted molar refractivity (Wildman–Crippen MR) is 102 cm³/mol. The lowest BCUT2D eigenvalue weighted by Crippen LogP contribution is -2.53. The maximum Gasteiger partial charge on any atom is 0.214 e. The van der Waals surface area contributed by atoms with Gasteiger partial charge in [-0.1, -0.05) is 17.7 Å². The second-order valence-electron chi connectivity index (χ2n) is 8.45. The van der Waals surface area contributed by atoms with E-state index in [-0.39, 0.29) is 22.7 Å². The summed E-state index contributed by atoms with van der Waals surface area (Å²) in [7, 11) is -3.16. The highest BCUT2D eigenvalue weighted by molar-refractivity contribution is 7.90. The van der Waals surface area contributed by atoms with Gasteiger partial charge in [0.15, 0.2) is 0 Å². The lowest BCUT2D eigenvalue weighted by Gasteiger charge is -2.46. The molecule has 1 saturated carbocycles. The summed E-state index contributed by atoms with van der Waals surface area (Å²) < 4.78 is 47.6. The van der Waals surface area contributed by atoms with Crippen LogP contribution in [0.15, 0.2) is 18.2 Å². The first-order chi connectivity index (χ1) is 12.9. The largest absolute Gasteiger partial charge is 0.375 e. The van der Waals surface area contributed by atoms with Crippen molar-refractivity contribution < 1.29 is 17.5 Å². The van der Waals surface area contributed by atoms with Crippen LogP contribution in [-0.4, -0.2) is 49.9 Å². The Kier molecular flexibility index (Phi) is 5.31. The van der Waals surface area contributed by atoms with E-state index >= 15 is 0 Å². The summed E-state index contributed by atoms with van der Waals surface area (Å²) in [6, 6.07) is 5.23. The van der Waals surface area contributed by atoms with Crippen LogP contribution in [0.1, 0.15) is 49.7 Å². The molecule has 0 aromatic heterocycles. The van der Waals surface area contributed by atoms with Gasteiger partial charge in [-0.05, 0) is 51.5 Å². The molecule has 2 heterocycles. The minimum absolute atomic E-state index is 0.0230. The number of hydrogen-bond acceptors (Lipinski definition) is 4. The van der Waals surface area contributed by atoms with Gasteiger partial charge in [0.1, 0.15) is 5.82 Å². The van der Waals surface area contributed by atoms with E-state index in [0.717, 1.165) is 62.7 Å². The van der Waals surface area contributed by atoms with Gasteiger partial charge in [0.05, 0.1) is 10.9 Å². The number of aryl methyl sites for hydroxylation is 1. The van der Waals surface area contributed by atoms with Gasteiger partial charge in [0.25, 0.3) is 0 Å². The van der Waals surface area contributed by atoms with Gasteiger partial charge in [0, 0.05) is 37.8 Å². The zero-order chi connectivity index (χ0) is 19.1. The van der Waals surface area contributed by atoms with Crippen molar-refractivity contribution in [3.8, 4) is 0 Å². The maximum absolute atomic E-state index is 14.0. The molecule has 0 amide bonds. The van der Waals surface area contributed by atoms with Crippen LogP contribution >= 0.6 is 0 Å². The summed E-state index contributed by atoms with van der Waals surface area (Å²) in [6.07, 6.45) is 4.78. The third kappa shape index (κ3) is 4.53. The monoisotopic (exact) mass is 396 g/mol. The normalized spacial score (nSPS) is 26.4. The Morgan fingerprint density at radius 1 is 1.26 bits per heavy atom. The van der Waals surface area contributed by atoms with Crippen molar-refractivity contribution in [1.29, 1.82) is 0 Å². The molecule has 2 saturated heterocycles. The van der Waals surface area contributed by atoms with Crippen LogP contribution in [-0.2, 0) is 21.3 Å². The Balaban J connectivity index is 1.34. The molecule has 0 bridgehead atoms.